The van der Waals surface area contributed by atoms with Gasteiger partial charge in [-0.25, -0.2) is 0 Å². The molecule has 1 aromatic rings. The van der Waals surface area contributed by atoms with Crippen molar-refractivity contribution >= 4 is 11.6 Å². The molecule has 1 aliphatic rings. The molecule has 1 saturated heterocycles. The molecular weight excluding hydrogens is 290 g/mol. The van der Waals surface area contributed by atoms with Crippen molar-refractivity contribution in [3.05, 3.63) is 24.3 Å². The second-order valence-corrected chi connectivity index (χ2v) is 6.86. The quantitative estimate of drug-likeness (QED) is 0.811. The van der Waals surface area contributed by atoms with Crippen LogP contribution in [0.25, 0.3) is 0 Å². The lowest BCUT2D eigenvalue weighted by Gasteiger charge is -2.29. The predicted molar refractivity (Wildman–Crippen MR) is 94.0 cm³/mol. The van der Waals surface area contributed by atoms with Gasteiger partial charge in [-0.1, -0.05) is 0 Å². The van der Waals surface area contributed by atoms with E-state index >= 15 is 0 Å². The number of benzene rings is 1. The first-order valence-electron chi connectivity index (χ1n) is 8.36. The van der Waals surface area contributed by atoms with Crippen LogP contribution in [0.1, 0.15) is 33.6 Å². The van der Waals surface area contributed by atoms with E-state index in [9.17, 15) is 4.79 Å². The van der Waals surface area contributed by atoms with Gasteiger partial charge in [0.25, 0.3) is 0 Å². The minimum atomic E-state index is -0.673. The van der Waals surface area contributed by atoms with Crippen LogP contribution in [0.3, 0.4) is 0 Å². The van der Waals surface area contributed by atoms with Crippen LogP contribution in [0.15, 0.2) is 24.3 Å². The third-order valence-electron chi connectivity index (χ3n) is 4.22. The summed E-state index contributed by atoms with van der Waals surface area (Å²) in [6.07, 6.45) is 2.54. The monoisotopic (exact) mass is 319 g/mol. The van der Waals surface area contributed by atoms with Crippen LogP contribution in [-0.2, 0) is 4.79 Å². The van der Waals surface area contributed by atoms with Crippen LogP contribution in [0.5, 0.6) is 5.75 Å². The number of amides is 1. The van der Waals surface area contributed by atoms with E-state index in [2.05, 4.69) is 22.5 Å². The molecule has 0 saturated carbocycles. The summed E-state index contributed by atoms with van der Waals surface area (Å²) in [5, 5.41) is 6.41. The van der Waals surface area contributed by atoms with Gasteiger partial charge in [0.15, 0.2) is 0 Å². The van der Waals surface area contributed by atoms with Crippen molar-refractivity contribution in [3.63, 3.8) is 0 Å². The molecular formula is C18H29N3O2. The van der Waals surface area contributed by atoms with E-state index in [0.29, 0.717) is 0 Å². The summed E-state index contributed by atoms with van der Waals surface area (Å²) in [6, 6.07) is 7.75. The maximum atomic E-state index is 12.6. The average Bonchev–Trinajstić information content (AvgIpc) is 3.00. The number of rotatable bonds is 7. The molecule has 0 aromatic heterocycles. The number of hydrogen-bond donors (Lipinski definition) is 2. The Bertz CT molecular complexity index is 508. The van der Waals surface area contributed by atoms with Crippen molar-refractivity contribution in [2.24, 2.45) is 0 Å². The van der Waals surface area contributed by atoms with Crippen LogP contribution in [0.2, 0.25) is 0 Å². The fourth-order valence-corrected chi connectivity index (χ4v) is 2.89. The highest BCUT2D eigenvalue weighted by Crippen LogP contribution is 2.19. The molecule has 1 heterocycles. The highest BCUT2D eigenvalue weighted by molar-refractivity contribution is 5.88. The van der Waals surface area contributed by atoms with Crippen molar-refractivity contribution in [1.29, 1.82) is 0 Å². The van der Waals surface area contributed by atoms with Crippen molar-refractivity contribution in [2.45, 2.75) is 45.2 Å². The molecule has 23 heavy (non-hydrogen) atoms. The maximum Gasteiger partial charge on any atom is 0.245 e. The number of carbonyl (C=O) groups excluding carboxylic acids is 1. The zero-order valence-corrected chi connectivity index (χ0v) is 14.7. The molecule has 1 fully saturated rings. The second kappa shape index (κ2) is 7.68. The zero-order valence-electron chi connectivity index (χ0n) is 14.7. The summed E-state index contributed by atoms with van der Waals surface area (Å²) in [7, 11) is 1.64. The topological polar surface area (TPSA) is 53.6 Å². The lowest BCUT2D eigenvalue weighted by atomic mass is 10.0. The van der Waals surface area contributed by atoms with E-state index in [-0.39, 0.29) is 11.9 Å². The third-order valence-corrected chi connectivity index (χ3v) is 4.22. The predicted octanol–water partition coefficient (Wildman–Crippen LogP) is 2.49. The molecule has 2 rings (SSSR count). The number of nitrogens with zero attached hydrogens (tertiary/aromatic N) is 1. The minimum absolute atomic E-state index is 0.0139. The van der Waals surface area contributed by atoms with E-state index in [4.69, 9.17) is 4.74 Å². The highest BCUT2D eigenvalue weighted by atomic mass is 16.5. The van der Waals surface area contributed by atoms with Gasteiger partial charge in [-0.3, -0.25) is 4.79 Å². The van der Waals surface area contributed by atoms with Gasteiger partial charge in [-0.15, -0.1) is 0 Å². The summed E-state index contributed by atoms with van der Waals surface area (Å²) < 4.78 is 5.15. The number of likely N-dealkylation sites (tertiary alicyclic amines) is 1. The van der Waals surface area contributed by atoms with E-state index < -0.39 is 5.54 Å². The molecule has 0 spiro atoms. The molecule has 0 radical (unpaired) electrons. The molecule has 1 atom stereocenters. The van der Waals surface area contributed by atoms with E-state index in [1.54, 1.807) is 7.11 Å². The second-order valence-electron chi connectivity index (χ2n) is 6.86. The molecule has 0 aliphatic carbocycles. The number of methoxy groups -OCH3 is 1. The van der Waals surface area contributed by atoms with E-state index in [1.807, 2.05) is 38.1 Å². The van der Waals surface area contributed by atoms with Gasteiger partial charge in [0.1, 0.15) is 11.3 Å². The number of anilines is 1. The summed E-state index contributed by atoms with van der Waals surface area (Å²) in [5.74, 6) is 0.817. The van der Waals surface area contributed by atoms with Crippen LogP contribution in [0, 0.1) is 0 Å². The first-order valence-corrected chi connectivity index (χ1v) is 8.36. The Morgan fingerprint density at radius 3 is 2.43 bits per heavy atom. The van der Waals surface area contributed by atoms with Gasteiger partial charge < -0.3 is 20.3 Å². The van der Waals surface area contributed by atoms with E-state index in [1.165, 1.54) is 12.8 Å². The molecule has 1 aromatic carbocycles. The molecule has 5 heteroatoms. The standard InChI is InChI=1S/C18H29N3O2/c1-14(13-21-11-5-6-12-21)19-17(22)18(2,3)20-15-7-9-16(23-4)10-8-15/h7-10,14,20H,5-6,11-13H2,1-4H3,(H,19,22)/t14-/m0/s1. The Hall–Kier alpha value is -1.75. The van der Waals surface area contributed by atoms with Crippen molar-refractivity contribution < 1.29 is 9.53 Å². The normalized spacial score (nSPS) is 16.9. The van der Waals surface area contributed by atoms with Gasteiger partial charge in [0.05, 0.1) is 7.11 Å². The third kappa shape index (κ3) is 5.13. The molecule has 2 N–H and O–H groups in total. The summed E-state index contributed by atoms with van der Waals surface area (Å²) in [4.78, 5) is 15.0. The van der Waals surface area contributed by atoms with E-state index in [0.717, 1.165) is 31.1 Å². The number of carbonyl (C=O) groups is 1. The maximum absolute atomic E-state index is 12.6. The number of ether oxygens (including phenoxy) is 1. The Balaban J connectivity index is 1.87. The summed E-state index contributed by atoms with van der Waals surface area (Å²) in [5.41, 5.74) is 0.228. The minimum Gasteiger partial charge on any atom is -0.497 e. The molecule has 128 valence electrons. The largest absolute Gasteiger partial charge is 0.497 e. The summed E-state index contributed by atoms with van der Waals surface area (Å²) in [6.45, 7) is 9.08. The van der Waals surface area contributed by atoms with Gasteiger partial charge in [-0.05, 0) is 71.0 Å². The fourth-order valence-electron chi connectivity index (χ4n) is 2.89. The average molecular weight is 319 g/mol. The Kier molecular flexibility index (Phi) is 5.88. The van der Waals surface area contributed by atoms with Crippen molar-refractivity contribution in [1.82, 2.24) is 10.2 Å². The lowest BCUT2D eigenvalue weighted by Crippen LogP contribution is -2.52. The SMILES string of the molecule is COc1ccc(NC(C)(C)C(=O)N[C@@H](C)CN2CCCC2)cc1. The fraction of sp³-hybridized carbons (Fsp3) is 0.611. The Labute approximate surface area is 139 Å². The van der Waals surface area contributed by atoms with Crippen LogP contribution in [0.4, 0.5) is 5.69 Å². The molecule has 5 nitrogen and oxygen atoms in total. The van der Waals surface area contributed by atoms with Crippen molar-refractivity contribution in [3.8, 4) is 5.75 Å². The Morgan fingerprint density at radius 2 is 1.87 bits per heavy atom. The first kappa shape index (κ1) is 17.6. The summed E-state index contributed by atoms with van der Waals surface area (Å²) >= 11 is 0. The van der Waals surface area contributed by atoms with Gasteiger partial charge >= 0.3 is 0 Å². The molecule has 1 amide bonds. The number of nitrogens with one attached hydrogen (secondary N) is 2. The van der Waals surface area contributed by atoms with Crippen LogP contribution < -0.4 is 15.4 Å². The zero-order chi connectivity index (χ0) is 16.9. The van der Waals surface area contributed by atoms with Gasteiger partial charge in [0.2, 0.25) is 5.91 Å². The van der Waals surface area contributed by atoms with Crippen LogP contribution in [-0.4, -0.2) is 49.1 Å². The molecule has 0 unspecified atom stereocenters. The highest BCUT2D eigenvalue weighted by Gasteiger charge is 2.29. The van der Waals surface area contributed by atoms with Gasteiger partial charge in [-0.2, -0.15) is 0 Å². The van der Waals surface area contributed by atoms with Gasteiger partial charge in [0, 0.05) is 18.3 Å². The Morgan fingerprint density at radius 1 is 1.26 bits per heavy atom. The smallest absolute Gasteiger partial charge is 0.245 e. The first-order chi connectivity index (χ1) is 10.9. The van der Waals surface area contributed by atoms with Crippen LogP contribution >= 0.6 is 0 Å². The van der Waals surface area contributed by atoms with Crippen molar-refractivity contribution in [2.75, 3.05) is 32.1 Å². The number of hydrogen-bond acceptors (Lipinski definition) is 4. The molecule has 1 aliphatic heterocycles. The molecule has 0 bridgehead atoms. The lowest BCUT2D eigenvalue weighted by molar-refractivity contribution is -0.125.